The molecule has 0 saturated carbocycles. The summed E-state index contributed by atoms with van der Waals surface area (Å²) in [6.45, 7) is 15.1. The van der Waals surface area contributed by atoms with Crippen molar-refractivity contribution in [2.75, 3.05) is 0 Å². The predicted molar refractivity (Wildman–Crippen MR) is 130 cm³/mol. The summed E-state index contributed by atoms with van der Waals surface area (Å²) >= 11 is 0. The van der Waals surface area contributed by atoms with Gasteiger partial charge in [0.1, 0.15) is 17.4 Å². The van der Waals surface area contributed by atoms with Gasteiger partial charge in [-0.15, -0.1) is 34.9 Å². The third-order valence-electron chi connectivity index (χ3n) is 5.20. The summed E-state index contributed by atoms with van der Waals surface area (Å²) in [7, 11) is 0. The summed E-state index contributed by atoms with van der Waals surface area (Å²) in [6, 6.07) is 12.5. The number of fused-ring (bicyclic) bond motifs is 1. The molecule has 0 amide bonds. The first-order valence-corrected chi connectivity index (χ1v) is 10.8. The van der Waals surface area contributed by atoms with Crippen LogP contribution in [0.2, 0.25) is 0 Å². The number of aliphatic hydroxyl groups is 1. The number of aliphatic hydroxyl groups excluding tert-OH is 1. The van der Waals surface area contributed by atoms with Crippen molar-refractivity contribution in [3.05, 3.63) is 77.1 Å². The summed E-state index contributed by atoms with van der Waals surface area (Å²) in [5, 5.41) is 9.88. The van der Waals surface area contributed by atoms with Crippen molar-refractivity contribution in [3.63, 3.8) is 0 Å². The number of rotatable bonds is 2. The Hall–Kier alpha value is -2.43. The van der Waals surface area contributed by atoms with Gasteiger partial charge in [0, 0.05) is 48.5 Å². The van der Waals surface area contributed by atoms with Gasteiger partial charge in [0.2, 0.25) is 0 Å². The molecule has 0 unspecified atom stereocenters. The zero-order valence-corrected chi connectivity index (χ0v) is 23.3. The van der Waals surface area contributed by atoms with E-state index < -0.39 is 17.0 Å². The Morgan fingerprint density at radius 1 is 0.971 bits per heavy atom. The molecule has 1 N–H and O–H groups in total. The van der Waals surface area contributed by atoms with Crippen LogP contribution < -0.4 is 0 Å². The van der Waals surface area contributed by atoms with Gasteiger partial charge in [0.15, 0.2) is 5.78 Å². The Labute approximate surface area is 214 Å². The number of carbonyl (C=O) groups excluding carboxylic acids is 1. The monoisotopic (exact) mass is 645 g/mol. The smallest absolute Gasteiger partial charge is 0.164 e. The molecule has 0 fully saturated rings. The second-order valence-corrected chi connectivity index (χ2v) is 10.3. The zero-order valence-electron chi connectivity index (χ0n) is 20.9. The quantitative estimate of drug-likeness (QED) is 0.177. The largest absolute Gasteiger partial charge is 0.512 e. The molecule has 3 rings (SSSR count). The van der Waals surface area contributed by atoms with Crippen LogP contribution in [-0.2, 0) is 24.9 Å². The Bertz CT molecular complexity index is 1210. The van der Waals surface area contributed by atoms with Crippen molar-refractivity contribution in [3.8, 4) is 11.3 Å². The normalized spacial score (nSPS) is 12.0. The molecular formula is C28H32F2IrNO2-. The van der Waals surface area contributed by atoms with E-state index in [9.17, 15) is 18.7 Å². The second-order valence-electron chi connectivity index (χ2n) is 10.3. The first-order chi connectivity index (χ1) is 15.1. The molecule has 0 aliphatic carbocycles. The van der Waals surface area contributed by atoms with Crippen molar-refractivity contribution in [2.24, 2.45) is 10.8 Å². The molecule has 6 heteroatoms. The summed E-state index contributed by atoms with van der Waals surface area (Å²) in [5.41, 5.74) is 3.30. The van der Waals surface area contributed by atoms with Crippen LogP contribution in [0.1, 0.15) is 52.7 Å². The van der Waals surface area contributed by atoms with Gasteiger partial charge in [0.05, 0.1) is 5.52 Å². The van der Waals surface area contributed by atoms with E-state index in [1.54, 1.807) is 12.1 Å². The average molecular weight is 645 g/mol. The molecule has 1 aromatic heterocycles. The van der Waals surface area contributed by atoms with E-state index in [0.29, 0.717) is 16.6 Å². The number of carbonyl (C=O) groups is 1. The van der Waals surface area contributed by atoms with Crippen LogP contribution in [-0.4, -0.2) is 15.9 Å². The molecule has 0 aliphatic heterocycles. The number of nitrogens with zero attached hydrogens (tertiary/aromatic N) is 1. The Morgan fingerprint density at radius 3 is 2.12 bits per heavy atom. The number of pyridine rings is 1. The van der Waals surface area contributed by atoms with E-state index >= 15 is 0 Å². The average Bonchev–Trinajstić information content (AvgIpc) is 2.68. The molecule has 0 spiro atoms. The van der Waals surface area contributed by atoms with E-state index in [1.165, 1.54) is 12.1 Å². The molecule has 3 aromatic rings. The van der Waals surface area contributed by atoms with Gasteiger partial charge >= 0.3 is 0 Å². The number of allylic oxidation sites excluding steroid dienone is 2. The summed E-state index contributed by atoms with van der Waals surface area (Å²) in [4.78, 5) is 15.8. The molecule has 0 atom stereocenters. The maximum absolute atomic E-state index is 13.6. The molecule has 0 bridgehead atoms. The van der Waals surface area contributed by atoms with Gasteiger partial charge in [-0.1, -0.05) is 67.5 Å². The molecule has 0 saturated heterocycles. The molecule has 1 radical (unpaired) electrons. The molecule has 0 aliphatic rings. The number of benzene rings is 2. The van der Waals surface area contributed by atoms with E-state index in [4.69, 9.17) is 0 Å². The van der Waals surface area contributed by atoms with Gasteiger partial charge in [0.25, 0.3) is 0 Å². The fraction of sp³-hybridized carbons (Fsp3) is 0.357. The van der Waals surface area contributed by atoms with Crippen LogP contribution in [0.25, 0.3) is 22.2 Å². The first kappa shape index (κ1) is 29.6. The molecular weight excluding hydrogens is 613 g/mol. The van der Waals surface area contributed by atoms with Crippen LogP contribution in [0.15, 0.2) is 48.2 Å². The van der Waals surface area contributed by atoms with Gasteiger partial charge in [-0.25, -0.2) is 8.78 Å². The zero-order chi connectivity index (χ0) is 25.1. The second kappa shape index (κ2) is 11.3. The summed E-state index contributed by atoms with van der Waals surface area (Å²) < 4.78 is 26.9. The van der Waals surface area contributed by atoms with Crippen LogP contribution >= 0.6 is 0 Å². The van der Waals surface area contributed by atoms with Crippen molar-refractivity contribution in [1.29, 1.82) is 0 Å². The number of aromatic nitrogens is 1. The van der Waals surface area contributed by atoms with Crippen LogP contribution in [0.4, 0.5) is 8.78 Å². The minimum Gasteiger partial charge on any atom is -0.512 e. The van der Waals surface area contributed by atoms with Crippen molar-refractivity contribution in [1.82, 2.24) is 4.98 Å². The molecule has 34 heavy (non-hydrogen) atoms. The van der Waals surface area contributed by atoms with Gasteiger partial charge < -0.3 is 5.11 Å². The van der Waals surface area contributed by atoms with E-state index in [2.05, 4.69) is 11.1 Å². The van der Waals surface area contributed by atoms with E-state index in [1.807, 2.05) is 67.5 Å². The van der Waals surface area contributed by atoms with Gasteiger partial charge in [-0.05, 0) is 11.8 Å². The number of hydrogen-bond donors (Lipinski definition) is 1. The SMILES string of the molecule is CC(C)(C)C(=O)/C=C(\O)C(C)(C)C.Cc1c[c-]c(-c2ccc3c(F)cc(F)cc3n2)cc1C.[Ir]. The summed E-state index contributed by atoms with van der Waals surface area (Å²) in [5.74, 6) is -1.11. The number of hydrogen-bond acceptors (Lipinski definition) is 3. The number of ketones is 1. The van der Waals surface area contributed by atoms with Crippen LogP contribution in [0, 0.1) is 42.4 Å². The van der Waals surface area contributed by atoms with Gasteiger partial charge in [-0.2, -0.15) is 0 Å². The number of aryl methyl sites for hydroxylation is 2. The third kappa shape index (κ3) is 7.82. The van der Waals surface area contributed by atoms with Crippen LogP contribution in [0.5, 0.6) is 0 Å². The topological polar surface area (TPSA) is 50.2 Å². The van der Waals surface area contributed by atoms with E-state index in [0.717, 1.165) is 22.8 Å². The van der Waals surface area contributed by atoms with Crippen molar-refractivity contribution in [2.45, 2.75) is 55.4 Å². The molecule has 185 valence electrons. The predicted octanol–water partition coefficient (Wildman–Crippen LogP) is 7.68. The van der Waals surface area contributed by atoms with Crippen LogP contribution in [0.3, 0.4) is 0 Å². The Balaban J connectivity index is 0.000000364. The maximum Gasteiger partial charge on any atom is 0.164 e. The summed E-state index contributed by atoms with van der Waals surface area (Å²) in [6.07, 6.45) is 1.33. The first-order valence-electron chi connectivity index (χ1n) is 10.8. The molecule has 2 aromatic carbocycles. The fourth-order valence-electron chi connectivity index (χ4n) is 2.68. The Morgan fingerprint density at radius 2 is 1.59 bits per heavy atom. The van der Waals surface area contributed by atoms with Gasteiger partial charge in [-0.3, -0.25) is 9.78 Å². The molecule has 1 heterocycles. The standard InChI is InChI=1S/C17H12F2N.C11H20O2.Ir/c1-10-3-4-12(7-11(10)2)16-6-5-14-15(19)8-13(18)9-17(14)20-16;1-10(2,3)8(12)7-9(13)11(4,5)6;/h3,5-9H,1-2H3;7,12H,1-6H3;/q-1;;/b;8-7-;. The fourth-order valence-corrected chi connectivity index (χ4v) is 2.68. The maximum atomic E-state index is 13.6. The van der Waals surface area contributed by atoms with Crippen molar-refractivity contribution >= 4 is 16.7 Å². The third-order valence-corrected chi connectivity index (χ3v) is 5.20. The molecule has 3 nitrogen and oxygen atoms in total. The Kier molecular flexibility index (Phi) is 9.86. The minimum atomic E-state index is -0.622. The van der Waals surface area contributed by atoms with Crippen molar-refractivity contribution < 1.29 is 38.8 Å². The van der Waals surface area contributed by atoms with E-state index in [-0.39, 0.29) is 37.1 Å². The number of halogens is 2. The minimum absolute atomic E-state index is 0.